The Bertz CT molecular complexity index is 1020. The summed E-state index contributed by atoms with van der Waals surface area (Å²) in [5, 5.41) is 2.96. The van der Waals surface area contributed by atoms with Crippen molar-refractivity contribution in [2.45, 2.75) is 25.3 Å². The number of ether oxygens (including phenoxy) is 2. The molecule has 2 aromatic rings. The molecule has 34 heavy (non-hydrogen) atoms. The first-order chi connectivity index (χ1) is 16.4. The highest BCUT2D eigenvalue weighted by Crippen LogP contribution is 2.32. The highest BCUT2D eigenvalue weighted by atomic mass is 19.3. The van der Waals surface area contributed by atoms with Crippen molar-refractivity contribution in [1.29, 1.82) is 0 Å². The van der Waals surface area contributed by atoms with Crippen LogP contribution in [0.4, 0.5) is 20.4 Å². The molecule has 1 amide bonds. The number of anilines is 2. The van der Waals surface area contributed by atoms with E-state index < -0.39 is 5.92 Å². The number of halogens is 2. The minimum atomic E-state index is -2.58. The van der Waals surface area contributed by atoms with Crippen LogP contribution in [0.15, 0.2) is 30.6 Å². The van der Waals surface area contributed by atoms with Gasteiger partial charge in [-0.1, -0.05) is 6.07 Å². The molecule has 3 aliphatic rings. The minimum absolute atomic E-state index is 0.0302. The van der Waals surface area contributed by atoms with Gasteiger partial charge >= 0.3 is 0 Å². The van der Waals surface area contributed by atoms with Gasteiger partial charge in [0.05, 0.1) is 6.54 Å². The molecule has 4 heterocycles. The van der Waals surface area contributed by atoms with Crippen LogP contribution in [0.5, 0.6) is 11.5 Å². The lowest BCUT2D eigenvalue weighted by molar-refractivity contribution is -0.122. The van der Waals surface area contributed by atoms with Crippen molar-refractivity contribution in [2.24, 2.45) is 0 Å². The van der Waals surface area contributed by atoms with Crippen molar-refractivity contribution in [1.82, 2.24) is 20.2 Å². The number of nitrogens with zero attached hydrogens (tertiary/aromatic N) is 5. The first-order valence-electron chi connectivity index (χ1n) is 11.5. The quantitative estimate of drug-likeness (QED) is 0.680. The summed E-state index contributed by atoms with van der Waals surface area (Å²) in [7, 11) is 0. The summed E-state index contributed by atoms with van der Waals surface area (Å²) in [5.74, 6) is 0.284. The minimum Gasteiger partial charge on any atom is -0.454 e. The molecule has 9 nitrogen and oxygen atoms in total. The zero-order valence-electron chi connectivity index (χ0n) is 18.9. The lowest BCUT2D eigenvalue weighted by Gasteiger charge is -2.36. The van der Waals surface area contributed by atoms with E-state index in [4.69, 9.17) is 9.47 Å². The van der Waals surface area contributed by atoms with Gasteiger partial charge in [0, 0.05) is 64.7 Å². The molecule has 0 spiro atoms. The van der Waals surface area contributed by atoms with Crippen LogP contribution >= 0.6 is 0 Å². The Labute approximate surface area is 196 Å². The van der Waals surface area contributed by atoms with Gasteiger partial charge < -0.3 is 24.6 Å². The van der Waals surface area contributed by atoms with Crippen LogP contribution in [-0.2, 0) is 11.3 Å². The third kappa shape index (κ3) is 5.30. The summed E-state index contributed by atoms with van der Waals surface area (Å²) in [5.41, 5.74) is 0.958. The second kappa shape index (κ2) is 9.57. The lowest BCUT2D eigenvalue weighted by Crippen LogP contribution is -2.49. The number of hydrogen-bond donors (Lipinski definition) is 1. The average molecular weight is 475 g/mol. The van der Waals surface area contributed by atoms with Crippen molar-refractivity contribution in [3.63, 3.8) is 0 Å². The number of piperidine rings is 1. The molecule has 1 N–H and O–H groups in total. The second-order valence-electron chi connectivity index (χ2n) is 8.80. The van der Waals surface area contributed by atoms with Crippen molar-refractivity contribution in [3.05, 3.63) is 36.2 Å². The Hall–Kier alpha value is -3.21. The smallest absolute Gasteiger partial charge is 0.251 e. The highest BCUT2D eigenvalue weighted by molar-refractivity contribution is 5.78. The molecule has 2 fully saturated rings. The van der Waals surface area contributed by atoms with E-state index in [2.05, 4.69) is 25.1 Å². The van der Waals surface area contributed by atoms with Crippen molar-refractivity contribution in [3.8, 4) is 11.5 Å². The predicted molar refractivity (Wildman–Crippen MR) is 121 cm³/mol. The van der Waals surface area contributed by atoms with Gasteiger partial charge in [0.1, 0.15) is 18.0 Å². The molecule has 0 bridgehead atoms. The van der Waals surface area contributed by atoms with Crippen molar-refractivity contribution >= 4 is 17.5 Å². The molecule has 11 heteroatoms. The van der Waals surface area contributed by atoms with Crippen LogP contribution in [0.2, 0.25) is 0 Å². The van der Waals surface area contributed by atoms with E-state index in [0.29, 0.717) is 37.7 Å². The van der Waals surface area contributed by atoms with Gasteiger partial charge in [-0.2, -0.15) is 0 Å². The number of rotatable bonds is 6. The molecule has 1 aromatic carbocycles. The van der Waals surface area contributed by atoms with Gasteiger partial charge in [-0.3, -0.25) is 9.69 Å². The van der Waals surface area contributed by atoms with E-state index in [9.17, 15) is 13.6 Å². The van der Waals surface area contributed by atoms with Gasteiger partial charge in [-0.15, -0.1) is 0 Å². The zero-order valence-corrected chi connectivity index (χ0v) is 18.9. The Balaban J connectivity index is 1.08. The number of benzene rings is 1. The normalized spacial score (nSPS) is 19.8. The van der Waals surface area contributed by atoms with E-state index in [1.54, 1.807) is 0 Å². The fourth-order valence-electron chi connectivity index (χ4n) is 4.39. The molecule has 0 saturated carbocycles. The maximum atomic E-state index is 13.5. The Morgan fingerprint density at radius 2 is 1.62 bits per heavy atom. The van der Waals surface area contributed by atoms with Crippen molar-refractivity contribution in [2.75, 3.05) is 62.4 Å². The fourth-order valence-corrected chi connectivity index (χ4v) is 4.39. The van der Waals surface area contributed by atoms with Gasteiger partial charge in [-0.05, 0) is 17.7 Å². The summed E-state index contributed by atoms with van der Waals surface area (Å²) >= 11 is 0. The molecule has 182 valence electrons. The summed E-state index contributed by atoms with van der Waals surface area (Å²) in [6.45, 7) is 4.48. The molecular weight excluding hydrogens is 446 g/mol. The number of amides is 1. The summed E-state index contributed by atoms with van der Waals surface area (Å²) in [4.78, 5) is 27.3. The molecule has 0 radical (unpaired) electrons. The predicted octanol–water partition coefficient (Wildman–Crippen LogP) is 1.88. The largest absolute Gasteiger partial charge is 0.454 e. The molecule has 0 aliphatic carbocycles. The SMILES string of the molecule is O=C(CN1CCN(c2cc(N3CCC(F)(F)CC3)ncn2)CC1)NCc1ccc2c(c1)OCO2. The van der Waals surface area contributed by atoms with Crippen LogP contribution in [0, 0.1) is 0 Å². The average Bonchev–Trinajstić information content (AvgIpc) is 3.31. The molecule has 5 rings (SSSR count). The Morgan fingerprint density at radius 1 is 0.941 bits per heavy atom. The number of alkyl halides is 2. The number of piperazine rings is 1. The number of carbonyl (C=O) groups excluding carboxylic acids is 1. The van der Waals surface area contributed by atoms with Crippen LogP contribution < -0.4 is 24.6 Å². The van der Waals surface area contributed by atoms with Gasteiger partial charge in [0.15, 0.2) is 11.5 Å². The number of aromatic nitrogens is 2. The maximum Gasteiger partial charge on any atom is 0.251 e. The van der Waals surface area contributed by atoms with Gasteiger partial charge in [-0.25, -0.2) is 18.7 Å². The Kier molecular flexibility index (Phi) is 6.36. The molecule has 0 unspecified atom stereocenters. The van der Waals surface area contributed by atoms with E-state index in [1.165, 1.54) is 6.33 Å². The third-order valence-corrected chi connectivity index (χ3v) is 6.45. The number of nitrogens with one attached hydrogen (secondary N) is 1. The van der Waals surface area contributed by atoms with E-state index in [-0.39, 0.29) is 25.5 Å². The summed E-state index contributed by atoms with van der Waals surface area (Å²) in [6, 6.07) is 7.52. The van der Waals surface area contributed by atoms with E-state index >= 15 is 0 Å². The van der Waals surface area contributed by atoms with E-state index in [0.717, 1.165) is 43.3 Å². The second-order valence-corrected chi connectivity index (χ2v) is 8.80. The maximum absolute atomic E-state index is 13.5. The molecular formula is C23H28F2N6O3. The van der Waals surface area contributed by atoms with Crippen LogP contribution in [0.3, 0.4) is 0 Å². The zero-order chi connectivity index (χ0) is 23.5. The number of hydrogen-bond acceptors (Lipinski definition) is 8. The van der Waals surface area contributed by atoms with E-state index in [1.807, 2.05) is 29.2 Å². The molecule has 0 atom stereocenters. The standard InChI is InChI=1S/C23H28F2N6O3/c24-23(25)3-5-30(6-4-23)20-12-21(28-15-27-20)31-9-7-29(8-10-31)14-22(32)26-13-17-1-2-18-19(11-17)34-16-33-18/h1-2,11-12,15H,3-10,13-14,16H2,(H,26,32). The first-order valence-corrected chi connectivity index (χ1v) is 11.5. The van der Waals surface area contributed by atoms with Crippen LogP contribution in [0.25, 0.3) is 0 Å². The van der Waals surface area contributed by atoms with Gasteiger partial charge in [0.2, 0.25) is 12.7 Å². The molecule has 2 saturated heterocycles. The summed E-state index contributed by atoms with van der Waals surface area (Å²) < 4.78 is 37.6. The monoisotopic (exact) mass is 474 g/mol. The fraction of sp³-hybridized carbons (Fsp3) is 0.522. The van der Waals surface area contributed by atoms with Gasteiger partial charge in [0.25, 0.3) is 5.92 Å². The number of carbonyl (C=O) groups is 1. The Morgan fingerprint density at radius 3 is 2.35 bits per heavy atom. The summed E-state index contributed by atoms with van der Waals surface area (Å²) in [6.07, 6.45) is 1.19. The number of fused-ring (bicyclic) bond motifs is 1. The lowest BCUT2D eigenvalue weighted by atomic mass is 10.1. The molecule has 3 aliphatic heterocycles. The van der Waals surface area contributed by atoms with Crippen LogP contribution in [0.1, 0.15) is 18.4 Å². The van der Waals surface area contributed by atoms with Crippen molar-refractivity contribution < 1.29 is 23.0 Å². The highest BCUT2D eigenvalue weighted by Gasteiger charge is 2.34. The molecule has 1 aromatic heterocycles. The third-order valence-electron chi connectivity index (χ3n) is 6.45. The first kappa shape index (κ1) is 22.6. The van der Waals surface area contributed by atoms with Crippen LogP contribution in [-0.4, -0.2) is 79.3 Å². The topological polar surface area (TPSA) is 83.1 Å².